The molecule has 3 aromatic heterocycles. The Bertz CT molecular complexity index is 887. The molecule has 0 aliphatic heterocycles. The molecule has 0 spiro atoms. The van der Waals surface area contributed by atoms with E-state index < -0.39 is 0 Å². The number of rotatable bonds is 6. The Labute approximate surface area is 140 Å². The van der Waals surface area contributed by atoms with Crippen LogP contribution < -0.4 is 5.43 Å². The Hall–Kier alpha value is -2.96. The summed E-state index contributed by atoms with van der Waals surface area (Å²) in [6.07, 6.45) is 10.1. The van der Waals surface area contributed by atoms with Crippen LogP contribution in [0, 0.1) is 0 Å². The van der Waals surface area contributed by atoms with Crippen molar-refractivity contribution in [1.82, 2.24) is 29.8 Å². The largest absolute Gasteiger partial charge is 0.313 e. The number of allylic oxidation sites excluding steroid dienone is 1. The van der Waals surface area contributed by atoms with E-state index in [0.29, 0.717) is 11.6 Å². The highest BCUT2D eigenvalue weighted by molar-refractivity contribution is 6.08. The fraction of sp³-hybridized carbons (Fsp3) is 0.294. The summed E-state index contributed by atoms with van der Waals surface area (Å²) in [4.78, 5) is 4.76. The Kier molecular flexibility index (Phi) is 4.41. The van der Waals surface area contributed by atoms with Crippen LogP contribution in [0.2, 0.25) is 0 Å². The van der Waals surface area contributed by atoms with Crippen molar-refractivity contribution in [2.45, 2.75) is 26.3 Å². The smallest absolute Gasteiger partial charge is 0.0999 e. The van der Waals surface area contributed by atoms with E-state index in [9.17, 15) is 0 Å². The number of hydrogen-bond acceptors (Lipinski definition) is 5. The lowest BCUT2D eigenvalue weighted by Crippen LogP contribution is -2.03. The fourth-order valence-corrected chi connectivity index (χ4v) is 2.39. The lowest BCUT2D eigenvalue weighted by Gasteiger charge is -2.08. The van der Waals surface area contributed by atoms with Crippen molar-refractivity contribution in [3.8, 4) is 11.3 Å². The SMILES string of the molecule is C=C(/C=N\NC)c1cn2nccc2c(-c2cnn([C@@H](C)CC)c2)n1. The molecule has 0 bridgehead atoms. The maximum Gasteiger partial charge on any atom is 0.0999 e. The van der Waals surface area contributed by atoms with Gasteiger partial charge in [-0.25, -0.2) is 9.50 Å². The molecule has 24 heavy (non-hydrogen) atoms. The van der Waals surface area contributed by atoms with Gasteiger partial charge in [-0.3, -0.25) is 4.68 Å². The van der Waals surface area contributed by atoms with Gasteiger partial charge in [0.2, 0.25) is 0 Å². The summed E-state index contributed by atoms with van der Waals surface area (Å²) < 4.78 is 3.77. The second-order valence-corrected chi connectivity index (χ2v) is 5.61. The number of nitrogens with zero attached hydrogens (tertiary/aromatic N) is 6. The second kappa shape index (κ2) is 6.66. The van der Waals surface area contributed by atoms with Crippen molar-refractivity contribution in [3.05, 3.63) is 43.1 Å². The summed E-state index contributed by atoms with van der Waals surface area (Å²) in [7, 11) is 1.74. The average Bonchev–Trinajstić information content (AvgIpc) is 3.26. The first-order chi connectivity index (χ1) is 11.6. The van der Waals surface area contributed by atoms with Crippen molar-refractivity contribution in [3.63, 3.8) is 0 Å². The minimum absolute atomic E-state index is 0.348. The molecule has 7 nitrogen and oxygen atoms in total. The zero-order valence-electron chi connectivity index (χ0n) is 14.1. The maximum atomic E-state index is 4.76. The molecular weight excluding hydrogens is 302 g/mol. The molecule has 0 aliphatic rings. The molecule has 3 heterocycles. The number of hydrazone groups is 1. The Morgan fingerprint density at radius 3 is 3.00 bits per heavy atom. The third kappa shape index (κ3) is 2.92. The van der Waals surface area contributed by atoms with E-state index in [-0.39, 0.29) is 0 Å². The van der Waals surface area contributed by atoms with E-state index in [1.165, 1.54) is 0 Å². The van der Waals surface area contributed by atoms with Gasteiger partial charge in [-0.1, -0.05) is 13.5 Å². The minimum Gasteiger partial charge on any atom is -0.313 e. The van der Waals surface area contributed by atoms with E-state index in [0.717, 1.165) is 28.9 Å². The van der Waals surface area contributed by atoms with Gasteiger partial charge in [-0.2, -0.15) is 15.3 Å². The van der Waals surface area contributed by atoms with E-state index >= 15 is 0 Å². The standard InChI is InChI=1S/C17H21N7/c1-5-13(3)23-10-14(9-21-23)17-16-6-7-20-24(16)11-15(22-17)12(2)8-19-18-4/h6-11,13,18H,2,5H2,1,3-4H3/b19-8-/t13-/m0/s1. The van der Waals surface area contributed by atoms with Crippen LogP contribution in [-0.2, 0) is 0 Å². The number of aromatic nitrogens is 5. The molecule has 0 unspecified atom stereocenters. The van der Waals surface area contributed by atoms with Crippen LogP contribution in [0.5, 0.6) is 0 Å². The predicted molar refractivity (Wildman–Crippen MR) is 95.8 cm³/mol. The summed E-state index contributed by atoms with van der Waals surface area (Å²) in [6, 6.07) is 2.29. The molecule has 0 amide bonds. The zero-order chi connectivity index (χ0) is 17.1. The molecule has 3 aromatic rings. The number of nitrogens with one attached hydrogen (secondary N) is 1. The van der Waals surface area contributed by atoms with Crippen molar-refractivity contribution < 1.29 is 0 Å². The van der Waals surface area contributed by atoms with Crippen LogP contribution >= 0.6 is 0 Å². The zero-order valence-corrected chi connectivity index (χ0v) is 14.1. The summed E-state index contributed by atoms with van der Waals surface area (Å²) in [6.45, 7) is 8.31. The molecule has 3 rings (SSSR count). The van der Waals surface area contributed by atoms with Crippen LogP contribution in [0.4, 0.5) is 0 Å². The van der Waals surface area contributed by atoms with E-state index in [4.69, 9.17) is 4.98 Å². The second-order valence-electron chi connectivity index (χ2n) is 5.61. The van der Waals surface area contributed by atoms with Crippen LogP contribution in [0.25, 0.3) is 22.3 Å². The van der Waals surface area contributed by atoms with Crippen LogP contribution in [0.3, 0.4) is 0 Å². The molecule has 1 atom stereocenters. The highest BCUT2D eigenvalue weighted by atomic mass is 15.3. The van der Waals surface area contributed by atoms with Crippen molar-refractivity contribution >= 4 is 17.3 Å². The quantitative estimate of drug-likeness (QED) is 0.559. The van der Waals surface area contributed by atoms with Crippen molar-refractivity contribution in [2.75, 3.05) is 7.05 Å². The molecule has 7 heteroatoms. The van der Waals surface area contributed by atoms with Gasteiger partial charge in [0.1, 0.15) is 0 Å². The lowest BCUT2D eigenvalue weighted by molar-refractivity contribution is 0.478. The average molecular weight is 323 g/mol. The van der Waals surface area contributed by atoms with Gasteiger partial charge >= 0.3 is 0 Å². The highest BCUT2D eigenvalue weighted by Crippen LogP contribution is 2.25. The predicted octanol–water partition coefficient (Wildman–Crippen LogP) is 2.78. The van der Waals surface area contributed by atoms with Gasteiger partial charge in [0.15, 0.2) is 0 Å². The molecular formula is C17H21N7. The normalized spacial score (nSPS) is 12.8. The van der Waals surface area contributed by atoms with E-state index in [1.807, 2.05) is 29.3 Å². The van der Waals surface area contributed by atoms with Gasteiger partial charge in [0, 0.05) is 30.4 Å². The van der Waals surface area contributed by atoms with Crippen molar-refractivity contribution in [1.29, 1.82) is 0 Å². The monoisotopic (exact) mass is 323 g/mol. The molecule has 124 valence electrons. The van der Waals surface area contributed by atoms with E-state index in [2.05, 4.69) is 41.2 Å². The van der Waals surface area contributed by atoms with Gasteiger partial charge in [-0.05, 0) is 19.4 Å². The number of fused-ring (bicyclic) bond motifs is 1. The first kappa shape index (κ1) is 15.9. The summed E-state index contributed by atoms with van der Waals surface area (Å²) >= 11 is 0. The van der Waals surface area contributed by atoms with Gasteiger partial charge in [-0.15, -0.1) is 0 Å². The van der Waals surface area contributed by atoms with Gasteiger partial charge in [0.25, 0.3) is 0 Å². The van der Waals surface area contributed by atoms with Crippen LogP contribution in [0.1, 0.15) is 32.0 Å². The first-order valence-corrected chi connectivity index (χ1v) is 7.92. The van der Waals surface area contributed by atoms with Crippen LogP contribution in [-0.4, -0.2) is 37.6 Å². The van der Waals surface area contributed by atoms with Gasteiger partial charge in [0.05, 0.1) is 41.7 Å². The number of hydrogen-bond donors (Lipinski definition) is 1. The van der Waals surface area contributed by atoms with E-state index in [1.54, 1.807) is 24.0 Å². The third-order valence-corrected chi connectivity index (χ3v) is 3.99. The minimum atomic E-state index is 0.348. The Morgan fingerprint density at radius 2 is 2.25 bits per heavy atom. The Balaban J connectivity index is 2.09. The maximum absolute atomic E-state index is 4.76. The molecule has 0 radical (unpaired) electrons. The molecule has 0 saturated carbocycles. The molecule has 0 aromatic carbocycles. The summed E-state index contributed by atoms with van der Waals surface area (Å²) in [5.74, 6) is 0. The summed E-state index contributed by atoms with van der Waals surface area (Å²) in [5.41, 5.74) is 6.86. The first-order valence-electron chi connectivity index (χ1n) is 7.92. The molecule has 0 fully saturated rings. The van der Waals surface area contributed by atoms with Gasteiger partial charge < -0.3 is 5.43 Å². The molecule has 0 saturated heterocycles. The fourth-order valence-electron chi connectivity index (χ4n) is 2.39. The third-order valence-electron chi connectivity index (χ3n) is 3.99. The molecule has 0 aliphatic carbocycles. The topological polar surface area (TPSA) is 72.4 Å². The molecule has 1 N–H and O–H groups in total. The van der Waals surface area contributed by atoms with Crippen LogP contribution in [0.15, 0.2) is 42.5 Å². The summed E-state index contributed by atoms with van der Waals surface area (Å²) in [5, 5.41) is 12.8. The lowest BCUT2D eigenvalue weighted by atomic mass is 10.2. The highest BCUT2D eigenvalue weighted by Gasteiger charge is 2.13. The van der Waals surface area contributed by atoms with Crippen molar-refractivity contribution in [2.24, 2.45) is 5.10 Å². The Morgan fingerprint density at radius 1 is 1.42 bits per heavy atom.